The van der Waals surface area contributed by atoms with Gasteiger partial charge < -0.3 is 23.8 Å². The van der Waals surface area contributed by atoms with E-state index in [9.17, 15) is 24.3 Å². The molecular weight excluding hydrogens is 395 g/mol. The number of esters is 2. The van der Waals surface area contributed by atoms with Crippen molar-refractivity contribution in [2.24, 2.45) is 0 Å². The molecule has 11 nitrogen and oxygen atoms in total. The number of methoxy groups -OCH3 is 2. The van der Waals surface area contributed by atoms with E-state index < -0.39 is 36.2 Å². The molecule has 0 fully saturated rings. The molecule has 1 aromatic rings. The summed E-state index contributed by atoms with van der Waals surface area (Å²) in [5, 5.41) is 13.5. The molecule has 1 N–H and O–H groups in total. The first-order valence-corrected chi connectivity index (χ1v) is 9.90. The van der Waals surface area contributed by atoms with Crippen LogP contribution in [0.25, 0.3) is 0 Å². The number of hydrogen-bond donors (Lipinski definition) is 1. The van der Waals surface area contributed by atoms with E-state index in [0.29, 0.717) is 0 Å². The third kappa shape index (κ3) is 5.75. The van der Waals surface area contributed by atoms with Gasteiger partial charge in [0.1, 0.15) is 6.04 Å². The Morgan fingerprint density at radius 2 is 1.57 bits per heavy atom. The minimum absolute atomic E-state index is 0.0454. The second-order valence-corrected chi connectivity index (χ2v) is 7.44. The van der Waals surface area contributed by atoms with Gasteiger partial charge in [-0.05, 0) is 26.0 Å². The van der Waals surface area contributed by atoms with Crippen molar-refractivity contribution in [3.8, 4) is 0 Å². The van der Waals surface area contributed by atoms with Gasteiger partial charge in [0.2, 0.25) is 0 Å². The molecule has 0 spiro atoms. The number of ether oxygens (including phenoxy) is 2. The van der Waals surface area contributed by atoms with Crippen molar-refractivity contribution in [3.63, 3.8) is 0 Å². The molecular formula is C16H23N2O9P. The lowest BCUT2D eigenvalue weighted by atomic mass is 10.1. The van der Waals surface area contributed by atoms with Gasteiger partial charge in [0.15, 0.2) is 5.66 Å². The summed E-state index contributed by atoms with van der Waals surface area (Å²) in [4.78, 5) is 35.0. The molecule has 0 aliphatic heterocycles. The van der Waals surface area contributed by atoms with E-state index in [4.69, 9.17) is 18.5 Å². The maximum absolute atomic E-state index is 13.2. The number of nitrogens with zero attached hydrogens (tertiary/aromatic N) is 1. The van der Waals surface area contributed by atoms with Crippen LogP contribution in [0.4, 0.5) is 11.4 Å². The molecule has 0 aromatic heterocycles. The predicted octanol–water partition coefficient (Wildman–Crippen LogP) is 2.36. The number of hydrogen-bond acceptors (Lipinski definition) is 10. The number of nitrogens with one attached hydrogen (secondary N) is 1. The molecule has 0 heterocycles. The standard InChI is InChI=1S/C16H23N2O9P/c1-5-26-28(23,27-6-2)14(16(20)25-4)13(15(19)24-3)17-11-7-9-12(10-8-11)18(21)22/h7-10,13-14,17H,5-6H2,1-4H3. The van der Waals surface area contributed by atoms with E-state index in [1.165, 1.54) is 24.3 Å². The zero-order valence-electron chi connectivity index (χ0n) is 15.9. The molecule has 2 unspecified atom stereocenters. The Morgan fingerprint density at radius 3 is 1.96 bits per heavy atom. The number of carbonyl (C=O) groups is 2. The highest BCUT2D eigenvalue weighted by molar-refractivity contribution is 7.55. The van der Waals surface area contributed by atoms with Crippen LogP contribution in [0.1, 0.15) is 13.8 Å². The Balaban J connectivity index is 3.37. The summed E-state index contributed by atoms with van der Waals surface area (Å²) in [6.07, 6.45) is 0. The summed E-state index contributed by atoms with van der Waals surface area (Å²) in [5.74, 6) is -1.93. The van der Waals surface area contributed by atoms with Gasteiger partial charge in [-0.15, -0.1) is 0 Å². The maximum Gasteiger partial charge on any atom is 0.347 e. The first-order chi connectivity index (χ1) is 13.2. The maximum atomic E-state index is 13.2. The first kappa shape index (κ1) is 23.5. The molecule has 0 bridgehead atoms. The fourth-order valence-electron chi connectivity index (χ4n) is 2.38. The lowest BCUT2D eigenvalue weighted by Gasteiger charge is -2.30. The van der Waals surface area contributed by atoms with Crippen molar-refractivity contribution in [3.05, 3.63) is 34.4 Å². The second-order valence-electron chi connectivity index (χ2n) is 5.29. The fraction of sp³-hybridized carbons (Fsp3) is 0.500. The van der Waals surface area contributed by atoms with Crippen LogP contribution in [0.15, 0.2) is 24.3 Å². The van der Waals surface area contributed by atoms with Crippen LogP contribution in [-0.4, -0.2) is 56.0 Å². The van der Waals surface area contributed by atoms with E-state index >= 15 is 0 Å². The number of carbonyl (C=O) groups excluding carboxylic acids is 2. The van der Waals surface area contributed by atoms with Crippen molar-refractivity contribution in [2.75, 3.05) is 32.8 Å². The highest BCUT2D eigenvalue weighted by Gasteiger charge is 2.51. The lowest BCUT2D eigenvalue weighted by molar-refractivity contribution is -0.384. The molecule has 12 heteroatoms. The van der Waals surface area contributed by atoms with Crippen molar-refractivity contribution in [2.45, 2.75) is 25.5 Å². The van der Waals surface area contributed by atoms with Gasteiger partial charge in [-0.1, -0.05) is 0 Å². The number of benzene rings is 1. The Hall–Kier alpha value is -2.49. The number of nitro groups is 1. The minimum atomic E-state index is -4.13. The van der Waals surface area contributed by atoms with Crippen molar-refractivity contribution < 1.29 is 37.6 Å². The van der Waals surface area contributed by atoms with Crippen LogP contribution in [-0.2, 0) is 32.7 Å². The molecule has 1 aromatic carbocycles. The summed E-state index contributed by atoms with van der Waals surface area (Å²) >= 11 is 0. The highest BCUT2D eigenvalue weighted by atomic mass is 31.2. The van der Waals surface area contributed by atoms with Gasteiger partial charge >= 0.3 is 19.5 Å². The van der Waals surface area contributed by atoms with Crippen molar-refractivity contribution >= 4 is 30.9 Å². The lowest BCUT2D eigenvalue weighted by Crippen LogP contribution is -2.47. The molecule has 0 aliphatic carbocycles. The molecule has 0 amide bonds. The smallest absolute Gasteiger partial charge is 0.347 e. The summed E-state index contributed by atoms with van der Waals surface area (Å²) < 4.78 is 33.1. The molecule has 0 saturated heterocycles. The van der Waals surface area contributed by atoms with E-state index in [1.54, 1.807) is 13.8 Å². The van der Waals surface area contributed by atoms with E-state index in [0.717, 1.165) is 14.2 Å². The predicted molar refractivity (Wildman–Crippen MR) is 99.2 cm³/mol. The van der Waals surface area contributed by atoms with Gasteiger partial charge in [0.25, 0.3) is 5.69 Å². The Kier molecular flexibility index (Phi) is 9.04. The SMILES string of the molecule is CCOP(=O)(OCC)C(C(=O)OC)C(Nc1ccc([N+](=O)[O-])cc1)C(=O)OC. The Bertz CT molecular complexity index is 728. The van der Waals surface area contributed by atoms with Crippen molar-refractivity contribution in [1.82, 2.24) is 0 Å². The van der Waals surface area contributed by atoms with Gasteiger partial charge in [-0.25, -0.2) is 4.79 Å². The molecule has 0 saturated carbocycles. The first-order valence-electron chi connectivity index (χ1n) is 8.29. The highest BCUT2D eigenvalue weighted by Crippen LogP contribution is 2.55. The average molecular weight is 418 g/mol. The largest absolute Gasteiger partial charge is 0.468 e. The Labute approximate surface area is 162 Å². The molecule has 2 atom stereocenters. The number of nitro benzene ring substituents is 1. The Morgan fingerprint density at radius 1 is 1.07 bits per heavy atom. The number of non-ortho nitro benzene ring substituents is 1. The van der Waals surface area contributed by atoms with Crippen LogP contribution >= 0.6 is 7.60 Å². The quantitative estimate of drug-likeness (QED) is 0.246. The van der Waals surface area contributed by atoms with E-state index in [1.807, 2.05) is 0 Å². The molecule has 28 heavy (non-hydrogen) atoms. The zero-order valence-corrected chi connectivity index (χ0v) is 16.8. The summed E-state index contributed by atoms with van der Waals surface area (Å²) in [5.41, 5.74) is -1.59. The van der Waals surface area contributed by atoms with E-state index in [2.05, 4.69) is 5.32 Å². The molecule has 156 valence electrons. The van der Waals surface area contributed by atoms with E-state index in [-0.39, 0.29) is 24.6 Å². The third-order valence-corrected chi connectivity index (χ3v) is 6.00. The van der Waals surface area contributed by atoms with Gasteiger partial charge in [0.05, 0.1) is 32.4 Å². The van der Waals surface area contributed by atoms with Crippen LogP contribution in [0, 0.1) is 10.1 Å². The van der Waals surface area contributed by atoms with Crippen LogP contribution in [0.3, 0.4) is 0 Å². The summed E-state index contributed by atoms with van der Waals surface area (Å²) in [6.45, 7) is 3.01. The molecule has 0 aliphatic rings. The number of anilines is 1. The minimum Gasteiger partial charge on any atom is -0.468 e. The average Bonchev–Trinajstić information content (AvgIpc) is 2.67. The van der Waals surface area contributed by atoms with Crippen LogP contribution < -0.4 is 5.32 Å². The third-order valence-electron chi connectivity index (χ3n) is 3.57. The summed E-state index contributed by atoms with van der Waals surface area (Å²) in [6, 6.07) is 3.56. The fourth-order valence-corrected chi connectivity index (χ4v) is 4.42. The zero-order chi connectivity index (χ0) is 21.3. The van der Waals surface area contributed by atoms with Gasteiger partial charge in [-0.3, -0.25) is 19.5 Å². The normalized spacial score (nSPS) is 13.3. The summed E-state index contributed by atoms with van der Waals surface area (Å²) in [7, 11) is -1.98. The topological polar surface area (TPSA) is 143 Å². The van der Waals surface area contributed by atoms with Crippen molar-refractivity contribution in [1.29, 1.82) is 0 Å². The van der Waals surface area contributed by atoms with Gasteiger partial charge in [-0.2, -0.15) is 0 Å². The number of rotatable bonds is 11. The van der Waals surface area contributed by atoms with Gasteiger partial charge in [0, 0.05) is 17.8 Å². The molecule has 1 rings (SSSR count). The second kappa shape index (κ2) is 10.7. The monoisotopic (exact) mass is 418 g/mol. The molecule has 0 radical (unpaired) electrons. The van der Waals surface area contributed by atoms with Crippen LogP contribution in [0.2, 0.25) is 0 Å². The van der Waals surface area contributed by atoms with Crippen LogP contribution in [0.5, 0.6) is 0 Å².